The van der Waals surface area contributed by atoms with Gasteiger partial charge in [-0.2, -0.15) is 0 Å². The van der Waals surface area contributed by atoms with Gasteiger partial charge in [-0.3, -0.25) is 9.80 Å². The summed E-state index contributed by atoms with van der Waals surface area (Å²) in [5, 5.41) is 0. The van der Waals surface area contributed by atoms with Crippen molar-refractivity contribution in [3.8, 4) is 0 Å². The predicted octanol–water partition coefficient (Wildman–Crippen LogP) is 3.37. The third-order valence-electron chi connectivity index (χ3n) is 6.10. The van der Waals surface area contributed by atoms with Crippen molar-refractivity contribution in [2.24, 2.45) is 11.3 Å². The van der Waals surface area contributed by atoms with E-state index in [4.69, 9.17) is 0 Å². The molecule has 0 N–H and O–H groups in total. The van der Waals surface area contributed by atoms with Crippen LogP contribution >= 0.6 is 0 Å². The molecule has 0 radical (unpaired) electrons. The van der Waals surface area contributed by atoms with Crippen molar-refractivity contribution in [2.75, 3.05) is 26.2 Å². The van der Waals surface area contributed by atoms with E-state index in [9.17, 15) is 0 Å². The Morgan fingerprint density at radius 2 is 1.95 bits per heavy atom. The summed E-state index contributed by atoms with van der Waals surface area (Å²) in [6.45, 7) is 12.7. The Kier molecular flexibility index (Phi) is 3.92. The van der Waals surface area contributed by atoms with Crippen LogP contribution in [0, 0.1) is 11.3 Å². The first-order valence-corrected chi connectivity index (χ1v) is 8.62. The molecule has 0 bridgehead atoms. The van der Waals surface area contributed by atoms with Gasteiger partial charge in [0.15, 0.2) is 0 Å². The van der Waals surface area contributed by atoms with E-state index in [1.165, 1.54) is 64.7 Å². The standard InChI is InChI=1S/C17H32N2/c1-4-17(8-9-17)13-19-11-15-7-5-6-10-18(15)12-16(19)14(2)3/h14-16H,4-13H2,1-3H3. The Bertz CT molecular complexity index is 308. The molecule has 2 atom stereocenters. The van der Waals surface area contributed by atoms with Crippen LogP contribution in [-0.4, -0.2) is 48.1 Å². The van der Waals surface area contributed by atoms with Crippen LogP contribution in [0.5, 0.6) is 0 Å². The summed E-state index contributed by atoms with van der Waals surface area (Å²) in [7, 11) is 0. The summed E-state index contributed by atoms with van der Waals surface area (Å²) in [6.07, 6.45) is 8.70. The van der Waals surface area contributed by atoms with E-state index in [0.717, 1.165) is 18.0 Å². The number of hydrogen-bond acceptors (Lipinski definition) is 2. The molecule has 19 heavy (non-hydrogen) atoms. The Morgan fingerprint density at radius 1 is 1.16 bits per heavy atom. The normalized spacial score (nSPS) is 35.4. The van der Waals surface area contributed by atoms with Gasteiger partial charge in [0.05, 0.1) is 0 Å². The first-order valence-electron chi connectivity index (χ1n) is 8.62. The fraction of sp³-hybridized carbons (Fsp3) is 1.00. The van der Waals surface area contributed by atoms with Crippen LogP contribution in [0.25, 0.3) is 0 Å². The van der Waals surface area contributed by atoms with Gasteiger partial charge in [-0.15, -0.1) is 0 Å². The zero-order chi connectivity index (χ0) is 13.5. The lowest BCUT2D eigenvalue weighted by atomic mass is 9.90. The maximum absolute atomic E-state index is 2.88. The van der Waals surface area contributed by atoms with Gasteiger partial charge in [-0.05, 0) is 50.0 Å². The summed E-state index contributed by atoms with van der Waals surface area (Å²) in [5.74, 6) is 0.801. The van der Waals surface area contributed by atoms with Gasteiger partial charge in [-0.25, -0.2) is 0 Å². The zero-order valence-corrected chi connectivity index (χ0v) is 13.2. The van der Waals surface area contributed by atoms with Crippen molar-refractivity contribution in [2.45, 2.75) is 71.4 Å². The van der Waals surface area contributed by atoms with E-state index in [0.29, 0.717) is 5.41 Å². The summed E-state index contributed by atoms with van der Waals surface area (Å²) in [6, 6.07) is 1.68. The summed E-state index contributed by atoms with van der Waals surface area (Å²) < 4.78 is 0. The smallest absolute Gasteiger partial charge is 0.0247 e. The predicted molar refractivity (Wildman–Crippen MR) is 81.4 cm³/mol. The molecule has 0 aromatic carbocycles. The Balaban J connectivity index is 1.68. The van der Waals surface area contributed by atoms with E-state index in [-0.39, 0.29) is 0 Å². The molecule has 3 aliphatic rings. The molecular formula is C17H32N2. The second-order valence-electron chi connectivity index (χ2n) is 7.74. The molecule has 2 saturated heterocycles. The van der Waals surface area contributed by atoms with E-state index >= 15 is 0 Å². The molecule has 2 nitrogen and oxygen atoms in total. The van der Waals surface area contributed by atoms with Crippen molar-refractivity contribution >= 4 is 0 Å². The molecule has 3 fully saturated rings. The third-order valence-corrected chi connectivity index (χ3v) is 6.10. The molecule has 0 aromatic rings. The highest BCUT2D eigenvalue weighted by atomic mass is 15.3. The SMILES string of the molecule is CCC1(CN2CC3CCCCN3CC2C(C)C)CC1. The van der Waals surface area contributed by atoms with Gasteiger partial charge in [0.1, 0.15) is 0 Å². The second kappa shape index (κ2) is 5.37. The van der Waals surface area contributed by atoms with E-state index in [1.807, 2.05) is 0 Å². The molecule has 3 rings (SSSR count). The molecule has 1 saturated carbocycles. The van der Waals surface area contributed by atoms with Crippen LogP contribution in [0.4, 0.5) is 0 Å². The number of fused-ring (bicyclic) bond motifs is 1. The van der Waals surface area contributed by atoms with Crippen molar-refractivity contribution in [1.29, 1.82) is 0 Å². The quantitative estimate of drug-likeness (QED) is 0.768. The lowest BCUT2D eigenvalue weighted by Gasteiger charge is -2.50. The Morgan fingerprint density at radius 3 is 2.58 bits per heavy atom. The van der Waals surface area contributed by atoms with Crippen LogP contribution < -0.4 is 0 Å². The van der Waals surface area contributed by atoms with Gasteiger partial charge < -0.3 is 0 Å². The van der Waals surface area contributed by atoms with Crippen LogP contribution in [0.2, 0.25) is 0 Å². The van der Waals surface area contributed by atoms with E-state index < -0.39 is 0 Å². The summed E-state index contributed by atoms with van der Waals surface area (Å²) in [5.41, 5.74) is 0.712. The molecule has 0 spiro atoms. The van der Waals surface area contributed by atoms with E-state index in [1.54, 1.807) is 0 Å². The minimum Gasteiger partial charge on any atom is -0.298 e. The maximum Gasteiger partial charge on any atom is 0.0247 e. The lowest BCUT2D eigenvalue weighted by molar-refractivity contribution is -0.0172. The van der Waals surface area contributed by atoms with Crippen molar-refractivity contribution < 1.29 is 0 Å². The van der Waals surface area contributed by atoms with Crippen molar-refractivity contribution in [1.82, 2.24) is 9.80 Å². The minimum atomic E-state index is 0.712. The highest BCUT2D eigenvalue weighted by Gasteiger charge is 2.45. The largest absolute Gasteiger partial charge is 0.298 e. The van der Waals surface area contributed by atoms with Crippen LogP contribution in [0.1, 0.15) is 59.3 Å². The average molecular weight is 264 g/mol. The molecular weight excluding hydrogens is 232 g/mol. The molecule has 2 aliphatic heterocycles. The number of hydrogen-bond donors (Lipinski definition) is 0. The van der Waals surface area contributed by atoms with Crippen LogP contribution in [0.3, 0.4) is 0 Å². The number of piperidine rings is 1. The van der Waals surface area contributed by atoms with Gasteiger partial charge in [0, 0.05) is 31.7 Å². The molecule has 2 unspecified atom stereocenters. The fourth-order valence-corrected chi connectivity index (χ4v) is 4.31. The van der Waals surface area contributed by atoms with Gasteiger partial charge in [0.2, 0.25) is 0 Å². The molecule has 0 aromatic heterocycles. The molecule has 2 heteroatoms. The highest BCUT2D eigenvalue weighted by molar-refractivity contribution is 4.99. The molecule has 1 aliphatic carbocycles. The Labute approximate surface area is 119 Å². The molecule has 0 amide bonds. The number of piperazine rings is 1. The van der Waals surface area contributed by atoms with Crippen LogP contribution in [0.15, 0.2) is 0 Å². The summed E-state index contributed by atoms with van der Waals surface area (Å²) >= 11 is 0. The van der Waals surface area contributed by atoms with Crippen molar-refractivity contribution in [3.63, 3.8) is 0 Å². The topological polar surface area (TPSA) is 6.48 Å². The monoisotopic (exact) mass is 264 g/mol. The number of nitrogens with zero attached hydrogens (tertiary/aromatic N) is 2. The minimum absolute atomic E-state index is 0.712. The van der Waals surface area contributed by atoms with Gasteiger partial charge in [0.25, 0.3) is 0 Å². The van der Waals surface area contributed by atoms with Crippen molar-refractivity contribution in [3.05, 3.63) is 0 Å². The lowest BCUT2D eigenvalue weighted by Crippen LogP contribution is -2.61. The fourth-order valence-electron chi connectivity index (χ4n) is 4.31. The maximum atomic E-state index is 2.88. The third kappa shape index (κ3) is 2.85. The van der Waals surface area contributed by atoms with E-state index in [2.05, 4.69) is 30.6 Å². The highest BCUT2D eigenvalue weighted by Crippen LogP contribution is 2.50. The summed E-state index contributed by atoms with van der Waals surface area (Å²) in [4.78, 5) is 5.68. The number of rotatable bonds is 4. The zero-order valence-electron chi connectivity index (χ0n) is 13.2. The van der Waals surface area contributed by atoms with Crippen LogP contribution in [-0.2, 0) is 0 Å². The first-order chi connectivity index (χ1) is 9.13. The molecule has 110 valence electrons. The first kappa shape index (κ1) is 13.9. The second-order valence-corrected chi connectivity index (χ2v) is 7.74. The van der Waals surface area contributed by atoms with Gasteiger partial charge >= 0.3 is 0 Å². The average Bonchev–Trinajstić information content (AvgIpc) is 3.18. The Hall–Kier alpha value is -0.0800. The molecule has 2 heterocycles. The van der Waals surface area contributed by atoms with Gasteiger partial charge in [-0.1, -0.05) is 27.2 Å².